The Kier molecular flexibility index (Phi) is 5.40. The van der Waals surface area contributed by atoms with E-state index in [1.807, 2.05) is 0 Å². The summed E-state index contributed by atoms with van der Waals surface area (Å²) in [6.45, 7) is 4.95. The molecule has 1 fully saturated rings. The zero-order valence-corrected chi connectivity index (χ0v) is 11.7. The van der Waals surface area contributed by atoms with Gasteiger partial charge in [-0.05, 0) is 50.8 Å². The highest BCUT2D eigenvalue weighted by atomic mass is 16.1. The Morgan fingerprint density at radius 1 is 1.37 bits per heavy atom. The number of hydrogen-bond acceptors (Lipinski definition) is 2. The summed E-state index contributed by atoms with van der Waals surface area (Å²) in [6.07, 6.45) is 3.87. The first-order valence-corrected chi connectivity index (χ1v) is 7.27. The molecular formula is C16H24N2O. The highest BCUT2D eigenvalue weighted by Crippen LogP contribution is 2.15. The summed E-state index contributed by atoms with van der Waals surface area (Å²) < 4.78 is 0. The average molecular weight is 260 g/mol. The molecule has 1 heterocycles. The van der Waals surface area contributed by atoms with E-state index in [2.05, 4.69) is 41.8 Å². The van der Waals surface area contributed by atoms with E-state index in [9.17, 15) is 4.79 Å². The summed E-state index contributed by atoms with van der Waals surface area (Å²) in [7, 11) is 0. The Morgan fingerprint density at radius 3 is 2.89 bits per heavy atom. The third-order valence-corrected chi connectivity index (χ3v) is 3.75. The van der Waals surface area contributed by atoms with Crippen LogP contribution in [-0.4, -0.2) is 25.5 Å². The van der Waals surface area contributed by atoms with E-state index in [1.54, 1.807) is 0 Å². The topological polar surface area (TPSA) is 41.1 Å². The number of piperidine rings is 1. The zero-order chi connectivity index (χ0) is 13.5. The first kappa shape index (κ1) is 14.1. The second kappa shape index (κ2) is 7.29. The molecule has 19 heavy (non-hydrogen) atoms. The van der Waals surface area contributed by atoms with Crippen molar-refractivity contribution in [3.8, 4) is 0 Å². The minimum atomic E-state index is 0.208. The summed E-state index contributed by atoms with van der Waals surface area (Å²) in [6, 6.07) is 8.46. The molecule has 0 atom stereocenters. The number of nitrogens with one attached hydrogen (secondary N) is 2. The van der Waals surface area contributed by atoms with Crippen molar-refractivity contribution in [3.63, 3.8) is 0 Å². The number of carbonyl (C=O) groups excluding carboxylic acids is 1. The average Bonchev–Trinajstić information content (AvgIpc) is 2.40. The van der Waals surface area contributed by atoms with Crippen molar-refractivity contribution in [1.29, 1.82) is 0 Å². The Labute approximate surface area is 115 Å². The molecule has 0 radical (unpaired) electrons. The zero-order valence-electron chi connectivity index (χ0n) is 11.7. The normalized spacial score (nSPS) is 16.3. The molecule has 104 valence electrons. The van der Waals surface area contributed by atoms with Gasteiger partial charge in [0.25, 0.3) is 0 Å². The molecule has 1 amide bonds. The van der Waals surface area contributed by atoms with E-state index in [4.69, 9.17) is 0 Å². The molecule has 0 saturated carbocycles. The lowest BCUT2D eigenvalue weighted by atomic mass is 9.94. The predicted molar refractivity (Wildman–Crippen MR) is 78.1 cm³/mol. The number of rotatable bonds is 5. The van der Waals surface area contributed by atoms with Crippen LogP contribution in [0.3, 0.4) is 0 Å². The van der Waals surface area contributed by atoms with Crippen LogP contribution in [-0.2, 0) is 11.2 Å². The van der Waals surface area contributed by atoms with Crippen LogP contribution in [0.4, 0.5) is 0 Å². The number of benzene rings is 1. The predicted octanol–water partition coefficient (Wildman–Crippen LogP) is 2.04. The maximum absolute atomic E-state index is 11.8. The van der Waals surface area contributed by atoms with Crippen molar-refractivity contribution in [3.05, 3.63) is 35.4 Å². The van der Waals surface area contributed by atoms with Gasteiger partial charge in [-0.1, -0.05) is 29.8 Å². The van der Waals surface area contributed by atoms with Crippen molar-refractivity contribution in [2.45, 2.75) is 32.6 Å². The van der Waals surface area contributed by atoms with Crippen molar-refractivity contribution < 1.29 is 4.79 Å². The fourth-order valence-corrected chi connectivity index (χ4v) is 2.63. The smallest absolute Gasteiger partial charge is 0.220 e. The van der Waals surface area contributed by atoms with Crippen LogP contribution < -0.4 is 10.6 Å². The molecular weight excluding hydrogens is 236 g/mol. The number of aryl methyl sites for hydroxylation is 1. The maximum Gasteiger partial charge on any atom is 0.220 e. The minimum absolute atomic E-state index is 0.208. The summed E-state index contributed by atoms with van der Waals surface area (Å²) in [4.78, 5) is 11.8. The second-order valence-electron chi connectivity index (χ2n) is 5.49. The van der Waals surface area contributed by atoms with Gasteiger partial charge in [0.15, 0.2) is 0 Å². The van der Waals surface area contributed by atoms with Crippen LogP contribution >= 0.6 is 0 Å². The van der Waals surface area contributed by atoms with E-state index < -0.39 is 0 Å². The van der Waals surface area contributed by atoms with Gasteiger partial charge < -0.3 is 10.6 Å². The first-order chi connectivity index (χ1) is 9.24. The Bertz CT molecular complexity index is 411. The van der Waals surface area contributed by atoms with Gasteiger partial charge in [0.1, 0.15) is 0 Å². The van der Waals surface area contributed by atoms with Crippen LogP contribution in [0.15, 0.2) is 24.3 Å². The Hall–Kier alpha value is -1.35. The third kappa shape index (κ3) is 5.03. The van der Waals surface area contributed by atoms with Crippen molar-refractivity contribution in [2.24, 2.45) is 5.92 Å². The minimum Gasteiger partial charge on any atom is -0.356 e. The first-order valence-electron chi connectivity index (χ1n) is 7.27. The van der Waals surface area contributed by atoms with Gasteiger partial charge in [0, 0.05) is 13.0 Å². The molecule has 1 aliphatic heterocycles. The molecule has 3 heteroatoms. The molecule has 2 rings (SSSR count). The van der Waals surface area contributed by atoms with E-state index in [0.29, 0.717) is 12.3 Å². The van der Waals surface area contributed by atoms with Crippen molar-refractivity contribution in [2.75, 3.05) is 19.6 Å². The summed E-state index contributed by atoms with van der Waals surface area (Å²) >= 11 is 0. The van der Waals surface area contributed by atoms with Gasteiger partial charge in [0.2, 0.25) is 5.91 Å². The van der Waals surface area contributed by atoms with Crippen LogP contribution in [0.2, 0.25) is 0 Å². The molecule has 1 aromatic rings. The highest BCUT2D eigenvalue weighted by molar-refractivity contribution is 5.76. The van der Waals surface area contributed by atoms with Gasteiger partial charge in [-0.15, -0.1) is 0 Å². The van der Waals surface area contributed by atoms with Gasteiger partial charge in [-0.25, -0.2) is 0 Å². The lowest BCUT2D eigenvalue weighted by Gasteiger charge is -2.21. The van der Waals surface area contributed by atoms with Gasteiger partial charge in [-0.3, -0.25) is 4.79 Å². The SMILES string of the molecule is Cc1cccc(CCNC(=O)CC2CCNCC2)c1. The summed E-state index contributed by atoms with van der Waals surface area (Å²) in [5.41, 5.74) is 2.57. The van der Waals surface area contributed by atoms with E-state index >= 15 is 0 Å². The van der Waals surface area contributed by atoms with Crippen LogP contribution in [0.5, 0.6) is 0 Å². The molecule has 0 spiro atoms. The standard InChI is InChI=1S/C16H24N2O/c1-13-3-2-4-14(11-13)7-10-18-16(19)12-15-5-8-17-9-6-15/h2-4,11,15,17H,5-10,12H2,1H3,(H,18,19). The summed E-state index contributed by atoms with van der Waals surface area (Å²) in [5, 5.41) is 6.36. The molecule has 1 saturated heterocycles. The molecule has 0 aromatic heterocycles. The Morgan fingerprint density at radius 2 is 2.16 bits per heavy atom. The second-order valence-corrected chi connectivity index (χ2v) is 5.49. The number of carbonyl (C=O) groups is 1. The number of hydrogen-bond donors (Lipinski definition) is 2. The molecule has 0 bridgehead atoms. The monoisotopic (exact) mass is 260 g/mol. The van der Waals surface area contributed by atoms with Gasteiger partial charge in [-0.2, -0.15) is 0 Å². The van der Waals surface area contributed by atoms with Gasteiger partial charge >= 0.3 is 0 Å². The maximum atomic E-state index is 11.8. The van der Waals surface area contributed by atoms with Crippen molar-refractivity contribution >= 4 is 5.91 Å². The van der Waals surface area contributed by atoms with Crippen LogP contribution in [0.1, 0.15) is 30.4 Å². The lowest BCUT2D eigenvalue weighted by Crippen LogP contribution is -2.33. The molecule has 1 aromatic carbocycles. The van der Waals surface area contributed by atoms with Gasteiger partial charge in [0.05, 0.1) is 0 Å². The highest BCUT2D eigenvalue weighted by Gasteiger charge is 2.16. The van der Waals surface area contributed by atoms with Crippen LogP contribution in [0.25, 0.3) is 0 Å². The fourth-order valence-electron chi connectivity index (χ4n) is 2.63. The molecule has 1 aliphatic rings. The Balaban J connectivity index is 1.66. The fraction of sp³-hybridized carbons (Fsp3) is 0.562. The molecule has 3 nitrogen and oxygen atoms in total. The van der Waals surface area contributed by atoms with E-state index in [0.717, 1.165) is 38.9 Å². The van der Waals surface area contributed by atoms with E-state index in [-0.39, 0.29) is 5.91 Å². The molecule has 0 unspecified atom stereocenters. The molecule has 2 N–H and O–H groups in total. The van der Waals surface area contributed by atoms with Crippen LogP contribution in [0, 0.1) is 12.8 Å². The van der Waals surface area contributed by atoms with E-state index in [1.165, 1.54) is 11.1 Å². The largest absolute Gasteiger partial charge is 0.356 e. The number of amides is 1. The lowest BCUT2D eigenvalue weighted by molar-refractivity contribution is -0.122. The third-order valence-electron chi connectivity index (χ3n) is 3.75. The summed E-state index contributed by atoms with van der Waals surface area (Å²) in [5.74, 6) is 0.778. The molecule has 0 aliphatic carbocycles. The quantitative estimate of drug-likeness (QED) is 0.850. The van der Waals surface area contributed by atoms with Crippen molar-refractivity contribution in [1.82, 2.24) is 10.6 Å².